The van der Waals surface area contributed by atoms with E-state index in [0.717, 1.165) is 27.1 Å². The van der Waals surface area contributed by atoms with E-state index in [4.69, 9.17) is 21.1 Å². The summed E-state index contributed by atoms with van der Waals surface area (Å²) in [4.78, 5) is 19.0. The number of carbonyl (C=O) groups is 1. The Morgan fingerprint density at radius 1 is 1.03 bits per heavy atom. The molecular weight excluding hydrogens is 502 g/mol. The van der Waals surface area contributed by atoms with Gasteiger partial charge < -0.3 is 14.4 Å². The van der Waals surface area contributed by atoms with Crippen LogP contribution in [0.3, 0.4) is 0 Å². The molecule has 1 N–H and O–H groups in total. The molecule has 0 radical (unpaired) electrons. The number of sulfonamides is 1. The number of nitrogens with zero attached hydrogens (tertiary/aromatic N) is 2. The second kappa shape index (κ2) is 9.57. The van der Waals surface area contributed by atoms with Crippen molar-refractivity contribution in [3.63, 3.8) is 0 Å². The number of hydrogen-bond donors (Lipinski definition) is 1. The van der Waals surface area contributed by atoms with Crippen LogP contribution in [-0.2, 0) is 21.4 Å². The number of likely N-dealkylation sites (tertiary alicyclic amines) is 1. The minimum Gasteiger partial charge on any atom is -0.497 e. The fraction of sp³-hybridized carbons (Fsp3) is 0.231. The quantitative estimate of drug-likeness (QED) is 0.364. The fourth-order valence-electron chi connectivity index (χ4n) is 4.49. The van der Waals surface area contributed by atoms with Crippen LogP contribution in [0.2, 0.25) is 5.15 Å². The molecule has 1 aromatic heterocycles. The van der Waals surface area contributed by atoms with Gasteiger partial charge in [-0.25, -0.2) is 13.4 Å². The van der Waals surface area contributed by atoms with Gasteiger partial charge in [-0.3, -0.25) is 4.79 Å². The predicted molar refractivity (Wildman–Crippen MR) is 138 cm³/mol. The van der Waals surface area contributed by atoms with Crippen LogP contribution in [-0.4, -0.2) is 51.0 Å². The maximum Gasteiger partial charge on any atom is 0.241 e. The van der Waals surface area contributed by atoms with Gasteiger partial charge in [-0.15, -0.1) is 0 Å². The van der Waals surface area contributed by atoms with Crippen LogP contribution in [0.1, 0.15) is 12.0 Å². The molecule has 1 aliphatic rings. The normalized spacial score (nSPS) is 16.1. The third-order valence-electron chi connectivity index (χ3n) is 6.40. The maximum absolute atomic E-state index is 13.1. The van der Waals surface area contributed by atoms with Crippen LogP contribution >= 0.6 is 11.6 Å². The van der Waals surface area contributed by atoms with E-state index in [-0.39, 0.29) is 17.3 Å². The Balaban J connectivity index is 1.35. The Morgan fingerprint density at radius 2 is 1.83 bits per heavy atom. The van der Waals surface area contributed by atoms with Crippen molar-refractivity contribution in [3.05, 3.63) is 71.5 Å². The van der Waals surface area contributed by atoms with E-state index in [1.165, 1.54) is 6.07 Å². The summed E-state index contributed by atoms with van der Waals surface area (Å²) in [5.74, 6) is 0.960. The van der Waals surface area contributed by atoms with Gasteiger partial charge in [0.1, 0.15) is 22.7 Å². The summed E-state index contributed by atoms with van der Waals surface area (Å²) in [6.45, 7) is 0.667. The van der Waals surface area contributed by atoms with E-state index in [0.29, 0.717) is 29.6 Å². The maximum atomic E-state index is 13.1. The SMILES string of the molecule is COc1ccc2ccc(S(=O)(=O)N[C@H]3CCN(Cc4cc5c(Cl)nccc5cc4OC)C3=O)cc2c1. The van der Waals surface area contributed by atoms with E-state index < -0.39 is 16.1 Å². The minimum absolute atomic E-state index is 0.0906. The van der Waals surface area contributed by atoms with Gasteiger partial charge in [-0.2, -0.15) is 4.72 Å². The van der Waals surface area contributed by atoms with Crippen LogP contribution in [0.15, 0.2) is 65.7 Å². The lowest BCUT2D eigenvalue weighted by atomic mass is 10.1. The number of fused-ring (bicyclic) bond motifs is 2. The number of amides is 1. The highest BCUT2D eigenvalue weighted by Gasteiger charge is 2.35. The molecule has 186 valence electrons. The van der Waals surface area contributed by atoms with Crippen molar-refractivity contribution in [2.75, 3.05) is 20.8 Å². The molecule has 0 spiro atoms. The lowest BCUT2D eigenvalue weighted by Crippen LogP contribution is -2.41. The minimum atomic E-state index is -3.92. The molecule has 36 heavy (non-hydrogen) atoms. The first-order valence-corrected chi connectivity index (χ1v) is 13.2. The molecule has 1 fully saturated rings. The second-order valence-electron chi connectivity index (χ2n) is 8.58. The largest absolute Gasteiger partial charge is 0.497 e. The number of hydrogen-bond acceptors (Lipinski definition) is 6. The van der Waals surface area contributed by atoms with Gasteiger partial charge in [-0.05, 0) is 65.0 Å². The average molecular weight is 526 g/mol. The molecule has 1 aliphatic heterocycles. The molecule has 3 aromatic carbocycles. The predicted octanol–water partition coefficient (Wildman–Crippen LogP) is 4.14. The molecule has 8 nitrogen and oxygen atoms in total. The van der Waals surface area contributed by atoms with Crippen molar-refractivity contribution in [3.8, 4) is 11.5 Å². The number of ether oxygens (including phenoxy) is 2. The Morgan fingerprint density at radius 3 is 2.61 bits per heavy atom. The summed E-state index contributed by atoms with van der Waals surface area (Å²) < 4.78 is 39.6. The van der Waals surface area contributed by atoms with Crippen LogP contribution in [0, 0.1) is 0 Å². The first kappa shape index (κ1) is 24.3. The van der Waals surface area contributed by atoms with Crippen LogP contribution in [0.5, 0.6) is 11.5 Å². The molecule has 2 heterocycles. The number of halogens is 1. The number of nitrogens with one attached hydrogen (secondary N) is 1. The Labute approximate surface area is 213 Å². The van der Waals surface area contributed by atoms with Crippen LogP contribution in [0.25, 0.3) is 21.5 Å². The van der Waals surface area contributed by atoms with Gasteiger partial charge in [0.05, 0.1) is 19.1 Å². The lowest BCUT2D eigenvalue weighted by Gasteiger charge is -2.19. The number of carbonyl (C=O) groups excluding carboxylic acids is 1. The van der Waals surface area contributed by atoms with Gasteiger partial charge >= 0.3 is 0 Å². The highest BCUT2D eigenvalue weighted by atomic mass is 35.5. The van der Waals surface area contributed by atoms with Gasteiger partial charge in [0.25, 0.3) is 0 Å². The Kier molecular flexibility index (Phi) is 6.46. The summed E-state index contributed by atoms with van der Waals surface area (Å²) >= 11 is 6.26. The summed E-state index contributed by atoms with van der Waals surface area (Å²) in [7, 11) is -0.800. The highest BCUT2D eigenvalue weighted by molar-refractivity contribution is 7.89. The van der Waals surface area contributed by atoms with Crippen molar-refractivity contribution in [1.29, 1.82) is 0 Å². The summed E-state index contributed by atoms with van der Waals surface area (Å²) in [6, 6.07) is 15.0. The third-order valence-corrected chi connectivity index (χ3v) is 8.17. The van der Waals surface area contributed by atoms with Gasteiger partial charge in [-0.1, -0.05) is 23.7 Å². The van der Waals surface area contributed by atoms with E-state index >= 15 is 0 Å². The second-order valence-corrected chi connectivity index (χ2v) is 10.7. The molecule has 1 saturated heterocycles. The molecule has 1 amide bonds. The van der Waals surface area contributed by atoms with Crippen LogP contribution < -0.4 is 14.2 Å². The number of benzene rings is 3. The van der Waals surface area contributed by atoms with E-state index in [1.807, 2.05) is 30.3 Å². The Bertz CT molecular complexity index is 1590. The van der Waals surface area contributed by atoms with Gasteiger partial charge in [0.15, 0.2) is 0 Å². The topological polar surface area (TPSA) is 97.8 Å². The van der Waals surface area contributed by atoms with Crippen molar-refractivity contribution >= 4 is 49.1 Å². The van der Waals surface area contributed by atoms with E-state index in [1.54, 1.807) is 43.5 Å². The highest BCUT2D eigenvalue weighted by Crippen LogP contribution is 2.31. The molecule has 0 unspecified atom stereocenters. The third kappa shape index (κ3) is 4.57. The zero-order chi connectivity index (χ0) is 25.4. The van der Waals surface area contributed by atoms with Crippen molar-refractivity contribution in [1.82, 2.24) is 14.6 Å². The fourth-order valence-corrected chi connectivity index (χ4v) is 5.96. The molecular formula is C26H24ClN3O5S. The van der Waals surface area contributed by atoms with Gasteiger partial charge in [0, 0.05) is 30.2 Å². The molecule has 0 saturated carbocycles. The zero-order valence-corrected chi connectivity index (χ0v) is 21.3. The molecule has 1 atom stereocenters. The molecule has 10 heteroatoms. The first-order chi connectivity index (χ1) is 17.3. The number of methoxy groups -OCH3 is 2. The summed E-state index contributed by atoms with van der Waals surface area (Å²) in [6.07, 6.45) is 1.98. The first-order valence-electron chi connectivity index (χ1n) is 11.3. The zero-order valence-electron chi connectivity index (χ0n) is 19.7. The van der Waals surface area contributed by atoms with E-state index in [2.05, 4.69) is 9.71 Å². The van der Waals surface area contributed by atoms with E-state index in [9.17, 15) is 13.2 Å². The number of rotatable bonds is 7. The van der Waals surface area contributed by atoms with Crippen molar-refractivity contribution in [2.45, 2.75) is 23.9 Å². The molecule has 4 aromatic rings. The van der Waals surface area contributed by atoms with Gasteiger partial charge in [0.2, 0.25) is 15.9 Å². The monoisotopic (exact) mass is 525 g/mol. The smallest absolute Gasteiger partial charge is 0.241 e. The van der Waals surface area contributed by atoms with Crippen LogP contribution in [0.4, 0.5) is 0 Å². The standard InChI is InChI=1S/C26H24ClN3O5S/c1-34-20-5-3-16-4-6-21(12-18(16)11-20)36(32,33)29-23-8-10-30(26(23)31)15-19-13-22-17(14-24(19)35-2)7-9-28-25(22)27/h3-7,9,11-14,23,29H,8,10,15H2,1-2H3/t23-/m0/s1. The lowest BCUT2D eigenvalue weighted by molar-refractivity contribution is -0.129. The summed E-state index contributed by atoms with van der Waals surface area (Å²) in [5, 5.41) is 3.61. The summed E-state index contributed by atoms with van der Waals surface area (Å²) in [5.41, 5.74) is 0.764. The molecule has 5 rings (SSSR count). The van der Waals surface area contributed by atoms with Crippen molar-refractivity contribution < 1.29 is 22.7 Å². The molecule has 0 bridgehead atoms. The molecule has 0 aliphatic carbocycles. The van der Waals surface area contributed by atoms with Crippen molar-refractivity contribution in [2.24, 2.45) is 0 Å². The Hall–Kier alpha value is -3.40. The number of aromatic nitrogens is 1. The number of pyridine rings is 1. The average Bonchev–Trinajstić information content (AvgIpc) is 3.21.